The quantitative estimate of drug-likeness (QED) is 0.493. The molecule has 3 aromatic rings. The van der Waals surface area contributed by atoms with Gasteiger partial charge < -0.3 is 24.7 Å². The minimum Gasteiger partial charge on any atom is -0.492 e. The van der Waals surface area contributed by atoms with Crippen LogP contribution in [0.25, 0.3) is 12.2 Å². The third-order valence-electron chi connectivity index (χ3n) is 8.99. The van der Waals surface area contributed by atoms with Crippen molar-refractivity contribution in [2.24, 2.45) is 5.92 Å². The maximum absolute atomic E-state index is 14.0. The van der Waals surface area contributed by atoms with Crippen LogP contribution < -0.4 is 25.5 Å². The van der Waals surface area contributed by atoms with Gasteiger partial charge in [0.2, 0.25) is 0 Å². The Morgan fingerprint density at radius 2 is 2.08 bits per heavy atom. The number of aromatic amines is 1. The number of para-hydroxylation sites is 2. The lowest BCUT2D eigenvalue weighted by atomic mass is 9.88. The zero-order valence-electron chi connectivity index (χ0n) is 23.2. The molecule has 7 nitrogen and oxygen atoms in total. The highest BCUT2D eigenvalue weighted by atomic mass is 16.5. The highest BCUT2D eigenvalue weighted by Gasteiger charge is 2.54. The summed E-state index contributed by atoms with van der Waals surface area (Å²) in [5, 5.41) is 6.01. The van der Waals surface area contributed by atoms with Gasteiger partial charge in [0, 0.05) is 69.8 Å². The van der Waals surface area contributed by atoms with E-state index in [1.807, 2.05) is 41.4 Å². The molecule has 3 heterocycles. The van der Waals surface area contributed by atoms with Crippen molar-refractivity contribution in [1.82, 2.24) is 9.88 Å². The van der Waals surface area contributed by atoms with Crippen molar-refractivity contribution in [3.05, 3.63) is 76.4 Å². The first-order valence-corrected chi connectivity index (χ1v) is 14.7. The van der Waals surface area contributed by atoms with E-state index in [0.29, 0.717) is 30.7 Å². The number of H-pyrrole nitrogens is 1. The van der Waals surface area contributed by atoms with Gasteiger partial charge in [-0.3, -0.25) is 9.69 Å². The van der Waals surface area contributed by atoms with Crippen molar-refractivity contribution in [2.75, 3.05) is 56.2 Å². The van der Waals surface area contributed by atoms with Crippen molar-refractivity contribution >= 4 is 29.4 Å². The van der Waals surface area contributed by atoms with E-state index in [4.69, 9.17) is 9.47 Å². The first-order chi connectivity index (χ1) is 19.6. The normalized spacial score (nSPS) is 25.6. The summed E-state index contributed by atoms with van der Waals surface area (Å²) in [4.78, 5) is 21.7. The number of hydrogen-bond acceptors (Lipinski definition) is 5. The van der Waals surface area contributed by atoms with Gasteiger partial charge in [-0.1, -0.05) is 30.4 Å². The van der Waals surface area contributed by atoms with E-state index in [2.05, 4.69) is 52.5 Å². The molecular formula is C33H42N4O3. The van der Waals surface area contributed by atoms with Crippen LogP contribution in [0.15, 0.2) is 54.7 Å². The lowest BCUT2D eigenvalue weighted by molar-refractivity contribution is 0.0986. The number of rotatable bonds is 6. The Morgan fingerprint density at radius 3 is 3.02 bits per heavy atom. The number of aromatic nitrogens is 1. The number of amides is 1. The van der Waals surface area contributed by atoms with Gasteiger partial charge in [0.05, 0.1) is 18.0 Å². The summed E-state index contributed by atoms with van der Waals surface area (Å²) in [6.07, 6.45) is 9.76. The largest absolute Gasteiger partial charge is 0.492 e. The molecule has 0 spiro atoms. The summed E-state index contributed by atoms with van der Waals surface area (Å²) in [6.45, 7) is 7.83. The summed E-state index contributed by atoms with van der Waals surface area (Å²) >= 11 is 0. The van der Waals surface area contributed by atoms with Gasteiger partial charge in [-0.2, -0.15) is 0 Å². The number of carbonyl (C=O) groups is 1. The number of fused-ring (bicyclic) bond motifs is 3. The van der Waals surface area contributed by atoms with E-state index in [1.54, 1.807) is 0 Å². The van der Waals surface area contributed by atoms with Gasteiger partial charge >= 0.3 is 0 Å². The van der Waals surface area contributed by atoms with Gasteiger partial charge in [0.15, 0.2) is 0 Å². The molecule has 2 fully saturated rings. The van der Waals surface area contributed by atoms with Crippen LogP contribution >= 0.6 is 0 Å². The number of ether oxygens (including phenoxy) is 2. The molecule has 7 heteroatoms. The minimum absolute atomic E-state index is 0. The van der Waals surface area contributed by atoms with Crippen LogP contribution in [0.1, 0.15) is 45.0 Å². The fourth-order valence-electron chi connectivity index (χ4n) is 6.65. The van der Waals surface area contributed by atoms with E-state index in [-0.39, 0.29) is 14.2 Å². The Bertz CT molecular complexity index is 1530. The smallest absolute Gasteiger partial charge is 0.258 e. The second-order valence-corrected chi connectivity index (χ2v) is 11.7. The standard InChI is InChI=1S/C33H38N4O3.2H2/c1-23-10-13-37(30-6-3-2-5-28(30)35-23)32(38)24-7-8-27(33-21-25-9-11-34-29(25)20-26(33)22-33)31(19-24)40-18-15-36-12-4-16-39-17-14-36;;/h2-3,5-9,11,19-21,23,26,34-35H,4,10,12-18,22H2,1H3;2*1H/t23-,26?,33?;;/m0../s1. The van der Waals surface area contributed by atoms with Crippen LogP contribution in [0.3, 0.4) is 0 Å². The summed E-state index contributed by atoms with van der Waals surface area (Å²) in [7, 11) is 0. The highest BCUT2D eigenvalue weighted by molar-refractivity contribution is 6.08. The average molecular weight is 543 g/mol. The van der Waals surface area contributed by atoms with E-state index in [9.17, 15) is 4.79 Å². The second kappa shape index (κ2) is 10.5. The van der Waals surface area contributed by atoms with Crippen molar-refractivity contribution in [1.29, 1.82) is 0 Å². The predicted octanol–water partition coefficient (Wildman–Crippen LogP) is 3.99. The summed E-state index contributed by atoms with van der Waals surface area (Å²) in [5.74, 6) is 1.29. The average Bonchev–Trinajstić information content (AvgIpc) is 3.64. The maximum atomic E-state index is 14.0. The number of nitrogens with zero attached hydrogens (tertiary/aromatic N) is 2. The fraction of sp³-hybridized carbons (Fsp3) is 0.424. The SMILES string of the molecule is C[C@H]1CCN(C(=O)c2ccc(C34C=c5cc[nH]c5=CC3C4)c(OCCN3CCCOCC3)c2)c2ccccc2N1.[HH].[HH]. The molecule has 4 aliphatic rings. The first-order valence-electron chi connectivity index (χ1n) is 14.7. The molecule has 2 aliphatic heterocycles. The van der Waals surface area contributed by atoms with Crippen molar-refractivity contribution < 1.29 is 17.1 Å². The van der Waals surface area contributed by atoms with Crippen LogP contribution in [0.2, 0.25) is 0 Å². The zero-order chi connectivity index (χ0) is 27.1. The molecule has 2 aliphatic carbocycles. The van der Waals surface area contributed by atoms with Gasteiger partial charge in [-0.05, 0) is 67.7 Å². The Labute approximate surface area is 238 Å². The van der Waals surface area contributed by atoms with Crippen LogP contribution in [0.5, 0.6) is 5.75 Å². The molecule has 2 unspecified atom stereocenters. The minimum atomic E-state index is -0.0723. The zero-order valence-corrected chi connectivity index (χ0v) is 23.2. The van der Waals surface area contributed by atoms with Gasteiger partial charge in [-0.15, -0.1) is 0 Å². The van der Waals surface area contributed by atoms with Gasteiger partial charge in [-0.25, -0.2) is 0 Å². The molecule has 40 heavy (non-hydrogen) atoms. The van der Waals surface area contributed by atoms with Crippen molar-refractivity contribution in [2.45, 2.75) is 37.6 Å². The maximum Gasteiger partial charge on any atom is 0.258 e. The van der Waals surface area contributed by atoms with E-state index < -0.39 is 0 Å². The summed E-state index contributed by atoms with van der Waals surface area (Å²) in [6, 6.07) is 16.7. The number of nitrogens with one attached hydrogen (secondary N) is 2. The summed E-state index contributed by atoms with van der Waals surface area (Å²) < 4.78 is 12.2. The third-order valence-corrected chi connectivity index (χ3v) is 8.99. The molecule has 2 aromatic carbocycles. The lowest BCUT2D eigenvalue weighted by Crippen LogP contribution is -2.33. The number of hydrogen-bond donors (Lipinski definition) is 2. The molecule has 7 rings (SSSR count). The Kier molecular flexibility index (Phi) is 6.64. The fourth-order valence-corrected chi connectivity index (χ4v) is 6.65. The van der Waals surface area contributed by atoms with Crippen LogP contribution in [-0.2, 0) is 10.2 Å². The molecular weight excluding hydrogens is 500 g/mol. The van der Waals surface area contributed by atoms with Gasteiger partial charge in [0.25, 0.3) is 5.91 Å². The van der Waals surface area contributed by atoms with Crippen molar-refractivity contribution in [3.63, 3.8) is 0 Å². The predicted molar refractivity (Wildman–Crippen MR) is 163 cm³/mol. The van der Waals surface area contributed by atoms with Crippen LogP contribution in [-0.4, -0.2) is 67.8 Å². The molecule has 1 aromatic heterocycles. The molecule has 1 amide bonds. The molecule has 0 radical (unpaired) electrons. The van der Waals surface area contributed by atoms with Crippen molar-refractivity contribution in [3.8, 4) is 5.75 Å². The molecule has 3 atom stereocenters. The molecule has 1 saturated carbocycles. The lowest BCUT2D eigenvalue weighted by Gasteiger charge is -2.25. The first kappa shape index (κ1) is 25.4. The molecule has 212 valence electrons. The van der Waals surface area contributed by atoms with E-state index in [1.165, 1.54) is 16.1 Å². The summed E-state index contributed by atoms with van der Waals surface area (Å²) in [5.41, 5.74) is 3.72. The molecule has 0 bridgehead atoms. The van der Waals surface area contributed by atoms with E-state index in [0.717, 1.165) is 69.2 Å². The van der Waals surface area contributed by atoms with Gasteiger partial charge in [0.1, 0.15) is 12.4 Å². The highest BCUT2D eigenvalue weighted by Crippen LogP contribution is 2.59. The molecule has 1 saturated heterocycles. The Morgan fingerprint density at radius 1 is 1.15 bits per heavy atom. The Balaban J connectivity index is 0.00000176. The van der Waals surface area contributed by atoms with Crippen LogP contribution in [0, 0.1) is 5.92 Å². The molecule has 2 N–H and O–H groups in total. The monoisotopic (exact) mass is 542 g/mol. The van der Waals surface area contributed by atoms with E-state index >= 15 is 0 Å². The number of benzene rings is 2. The van der Waals surface area contributed by atoms with Crippen LogP contribution in [0.4, 0.5) is 11.4 Å². The third kappa shape index (κ3) is 4.71. The second-order valence-electron chi connectivity index (χ2n) is 11.7. The number of anilines is 2. The Hall–Kier alpha value is -3.55. The topological polar surface area (TPSA) is 69.8 Å². The number of carbonyl (C=O) groups excluding carboxylic acids is 1.